The average Bonchev–Trinajstić information content (AvgIpc) is 3.36. The van der Waals surface area contributed by atoms with Crippen LogP contribution in [-0.4, -0.2) is 35.7 Å². The molecule has 158 valence electrons. The van der Waals surface area contributed by atoms with E-state index in [1.165, 1.54) is 0 Å². The Bertz CT molecular complexity index is 1440. The number of hydrogen-bond acceptors (Lipinski definition) is 6. The van der Waals surface area contributed by atoms with Gasteiger partial charge in [0.25, 0.3) is 0 Å². The van der Waals surface area contributed by atoms with E-state index in [1.54, 1.807) is 16.8 Å². The van der Waals surface area contributed by atoms with Crippen LogP contribution in [0.25, 0.3) is 11.7 Å². The van der Waals surface area contributed by atoms with Gasteiger partial charge < -0.3 is 15.4 Å². The molecule has 0 amide bonds. The van der Waals surface area contributed by atoms with E-state index in [-0.39, 0.29) is 11.6 Å². The molecule has 0 spiro atoms. The molecule has 0 aliphatic heterocycles. The highest BCUT2D eigenvalue weighted by atomic mass is 35.5. The zero-order valence-electron chi connectivity index (χ0n) is 16.7. The molecule has 10 heteroatoms. The Morgan fingerprint density at radius 2 is 2.23 bits per heavy atom. The molecule has 0 atom stereocenters. The van der Waals surface area contributed by atoms with E-state index in [0.717, 1.165) is 24.0 Å². The zero-order valence-corrected chi connectivity index (χ0v) is 17.4. The molecule has 1 aliphatic rings. The fourth-order valence-electron chi connectivity index (χ4n) is 3.36. The van der Waals surface area contributed by atoms with Crippen molar-refractivity contribution in [1.82, 2.24) is 24.6 Å². The first-order valence-electron chi connectivity index (χ1n) is 9.91. The molecule has 9 nitrogen and oxygen atoms in total. The van der Waals surface area contributed by atoms with Crippen LogP contribution >= 0.6 is 11.6 Å². The van der Waals surface area contributed by atoms with Gasteiger partial charge in [-0.2, -0.15) is 9.61 Å². The lowest BCUT2D eigenvalue weighted by Crippen LogP contribution is -2.20. The Morgan fingerprint density at radius 3 is 2.94 bits per heavy atom. The molecule has 5 rings (SSSR count). The Morgan fingerprint density at radius 1 is 1.39 bits per heavy atom. The highest BCUT2D eigenvalue weighted by Crippen LogP contribution is 2.23. The quantitative estimate of drug-likeness (QED) is 0.378. The third-order valence-electron chi connectivity index (χ3n) is 5.18. The Hall–Kier alpha value is -3.59. The summed E-state index contributed by atoms with van der Waals surface area (Å²) in [6, 6.07) is 7.97. The highest BCUT2D eigenvalue weighted by molar-refractivity contribution is 6.31. The molecule has 3 heterocycles. The van der Waals surface area contributed by atoms with E-state index in [4.69, 9.17) is 21.6 Å². The van der Waals surface area contributed by atoms with Gasteiger partial charge in [-0.3, -0.25) is 9.98 Å². The van der Waals surface area contributed by atoms with Crippen LogP contribution in [0.5, 0.6) is 5.88 Å². The van der Waals surface area contributed by atoms with Gasteiger partial charge in [-0.15, -0.1) is 0 Å². The van der Waals surface area contributed by atoms with Gasteiger partial charge >= 0.3 is 5.69 Å². The van der Waals surface area contributed by atoms with Crippen LogP contribution in [0, 0.1) is 6.92 Å². The molecule has 1 fully saturated rings. The number of aromatic hydroxyl groups is 1. The van der Waals surface area contributed by atoms with Crippen LogP contribution in [0.15, 0.2) is 40.2 Å². The molecule has 1 saturated carbocycles. The maximum absolute atomic E-state index is 11.5. The second-order valence-corrected chi connectivity index (χ2v) is 7.98. The standard InChI is InChI=1S/C21H20ClN7O2/c1-11-3-2-4-15(22)14(11)10-23-17-8-18(25-13-5-6-13)29-19(27-17)12(9-24-29)7-16-20(30)28-21(31)26-16/h2-4,7-9,13,23,30H,5-6,10H2,1H3,(H2,26,28,31)/b12-7-,25-18?. The van der Waals surface area contributed by atoms with Crippen molar-refractivity contribution in [2.24, 2.45) is 4.99 Å². The molecule has 0 radical (unpaired) electrons. The van der Waals surface area contributed by atoms with E-state index < -0.39 is 5.69 Å². The minimum atomic E-state index is -0.491. The van der Waals surface area contributed by atoms with Gasteiger partial charge in [-0.1, -0.05) is 23.7 Å². The number of aromatic nitrogens is 5. The minimum Gasteiger partial charge on any atom is -0.493 e. The van der Waals surface area contributed by atoms with Crippen molar-refractivity contribution in [2.45, 2.75) is 32.4 Å². The van der Waals surface area contributed by atoms with Crippen molar-refractivity contribution >= 4 is 29.1 Å². The summed E-state index contributed by atoms with van der Waals surface area (Å²) >= 11 is 6.36. The largest absolute Gasteiger partial charge is 0.493 e. The third-order valence-corrected chi connectivity index (χ3v) is 5.53. The lowest BCUT2D eigenvalue weighted by molar-refractivity contribution is 0.454. The Kier molecular flexibility index (Phi) is 4.74. The number of aryl methyl sites for hydroxylation is 1. The van der Waals surface area contributed by atoms with E-state index in [2.05, 4.69) is 20.4 Å². The van der Waals surface area contributed by atoms with Crippen molar-refractivity contribution in [3.8, 4) is 5.88 Å². The summed E-state index contributed by atoms with van der Waals surface area (Å²) in [5, 5.41) is 19.0. The number of hydrogen-bond donors (Lipinski definition) is 4. The summed E-state index contributed by atoms with van der Waals surface area (Å²) in [7, 11) is 0. The Balaban J connectivity index is 1.60. The first kappa shape index (κ1) is 19.4. The van der Waals surface area contributed by atoms with Crippen LogP contribution in [0.1, 0.15) is 29.7 Å². The van der Waals surface area contributed by atoms with Gasteiger partial charge in [0.05, 0.1) is 12.2 Å². The van der Waals surface area contributed by atoms with E-state index in [9.17, 15) is 9.90 Å². The fourth-order valence-corrected chi connectivity index (χ4v) is 3.64. The van der Waals surface area contributed by atoms with Crippen molar-refractivity contribution in [3.05, 3.63) is 73.5 Å². The van der Waals surface area contributed by atoms with Gasteiger partial charge in [0.1, 0.15) is 11.5 Å². The number of aromatic amines is 2. The average molecular weight is 438 g/mol. The SMILES string of the molecule is Cc1cccc(Cl)c1CNc1cc(=NC2CC2)n2nc/c(=C/c3[nH]c(=O)[nH]c3O)c2n1. The van der Waals surface area contributed by atoms with Crippen LogP contribution in [-0.2, 0) is 6.54 Å². The fraction of sp³-hybridized carbons (Fsp3) is 0.238. The van der Waals surface area contributed by atoms with E-state index >= 15 is 0 Å². The summed E-state index contributed by atoms with van der Waals surface area (Å²) < 4.78 is 1.66. The predicted octanol–water partition coefficient (Wildman–Crippen LogP) is 1.64. The third kappa shape index (κ3) is 3.91. The predicted molar refractivity (Wildman–Crippen MR) is 117 cm³/mol. The monoisotopic (exact) mass is 437 g/mol. The van der Waals surface area contributed by atoms with E-state index in [1.807, 2.05) is 31.2 Å². The van der Waals surface area contributed by atoms with Crippen molar-refractivity contribution < 1.29 is 5.11 Å². The molecule has 31 heavy (non-hydrogen) atoms. The number of benzene rings is 1. The second-order valence-electron chi connectivity index (χ2n) is 7.57. The molecule has 0 bridgehead atoms. The smallest absolute Gasteiger partial charge is 0.326 e. The Labute approximate surface area is 181 Å². The number of halogens is 1. The summed E-state index contributed by atoms with van der Waals surface area (Å²) in [6.07, 6.45) is 5.36. The number of nitrogens with zero attached hydrogens (tertiary/aromatic N) is 4. The number of nitrogens with one attached hydrogen (secondary N) is 3. The van der Waals surface area contributed by atoms with Gasteiger partial charge in [0.15, 0.2) is 11.1 Å². The minimum absolute atomic E-state index is 0.240. The molecule has 0 unspecified atom stereocenters. The van der Waals surface area contributed by atoms with Gasteiger partial charge in [0.2, 0.25) is 5.88 Å². The summed E-state index contributed by atoms with van der Waals surface area (Å²) in [4.78, 5) is 25.8. The summed E-state index contributed by atoms with van der Waals surface area (Å²) in [5.41, 5.74) is 3.11. The van der Waals surface area contributed by atoms with E-state index in [0.29, 0.717) is 39.8 Å². The zero-order chi connectivity index (χ0) is 21.5. The molecule has 1 aliphatic carbocycles. The van der Waals surface area contributed by atoms with Crippen LogP contribution in [0.4, 0.5) is 5.82 Å². The normalized spacial score (nSPS) is 15.2. The first-order chi connectivity index (χ1) is 15.0. The van der Waals surface area contributed by atoms with Crippen LogP contribution in [0.2, 0.25) is 5.02 Å². The topological polar surface area (TPSA) is 123 Å². The van der Waals surface area contributed by atoms with Gasteiger partial charge in [-0.05, 0) is 43.0 Å². The maximum atomic E-state index is 11.5. The molecular formula is C21H20ClN7O2. The number of fused-ring (bicyclic) bond motifs is 1. The second kappa shape index (κ2) is 7.59. The molecule has 1 aromatic carbocycles. The molecule has 4 aromatic rings. The highest BCUT2D eigenvalue weighted by Gasteiger charge is 2.20. The lowest BCUT2D eigenvalue weighted by Gasteiger charge is -2.10. The summed E-state index contributed by atoms with van der Waals surface area (Å²) in [6.45, 7) is 2.53. The van der Waals surface area contributed by atoms with Crippen molar-refractivity contribution in [3.63, 3.8) is 0 Å². The number of imidazole rings is 1. The molecule has 0 saturated heterocycles. The molecule has 4 N–H and O–H groups in total. The number of rotatable bonds is 5. The van der Waals surface area contributed by atoms with Crippen molar-refractivity contribution in [1.29, 1.82) is 0 Å². The van der Waals surface area contributed by atoms with Crippen molar-refractivity contribution in [2.75, 3.05) is 5.32 Å². The van der Waals surface area contributed by atoms with Crippen LogP contribution < -0.4 is 21.7 Å². The molecule has 3 aromatic heterocycles. The number of H-pyrrole nitrogens is 2. The van der Waals surface area contributed by atoms with Crippen LogP contribution in [0.3, 0.4) is 0 Å². The summed E-state index contributed by atoms with van der Waals surface area (Å²) in [5.74, 6) is 0.392. The van der Waals surface area contributed by atoms with Gasteiger partial charge in [-0.25, -0.2) is 9.78 Å². The van der Waals surface area contributed by atoms with Gasteiger partial charge in [0, 0.05) is 22.9 Å². The maximum Gasteiger partial charge on any atom is 0.326 e. The lowest BCUT2D eigenvalue weighted by atomic mass is 10.1. The molecular weight excluding hydrogens is 418 g/mol. The number of anilines is 1. The first-order valence-corrected chi connectivity index (χ1v) is 10.3.